The Bertz CT molecular complexity index is 431. The van der Waals surface area contributed by atoms with Gasteiger partial charge < -0.3 is 10.6 Å². The molecule has 1 aromatic rings. The smallest absolute Gasteiger partial charge is 0.134 e. The summed E-state index contributed by atoms with van der Waals surface area (Å²) in [6.45, 7) is 10.6. The van der Waals surface area contributed by atoms with E-state index >= 15 is 0 Å². The SMILES string of the molecule is CCCc1c(NCC)ncnc1NCCN(CC)C1CC1. The first kappa shape index (κ1) is 16.0. The largest absolute Gasteiger partial charge is 0.370 e. The summed E-state index contributed by atoms with van der Waals surface area (Å²) in [6.07, 6.45) is 6.49. The quantitative estimate of drug-likeness (QED) is 0.694. The predicted octanol–water partition coefficient (Wildman–Crippen LogP) is 2.76. The van der Waals surface area contributed by atoms with E-state index in [9.17, 15) is 0 Å². The molecule has 0 atom stereocenters. The molecule has 5 heteroatoms. The average Bonchev–Trinajstić information content (AvgIpc) is 3.31. The van der Waals surface area contributed by atoms with Crippen molar-refractivity contribution < 1.29 is 0 Å². The Morgan fingerprint density at radius 1 is 1.14 bits per heavy atom. The van der Waals surface area contributed by atoms with Gasteiger partial charge in [-0.05, 0) is 32.7 Å². The molecule has 1 heterocycles. The fraction of sp³-hybridized carbons (Fsp3) is 0.750. The molecule has 2 N–H and O–H groups in total. The highest BCUT2D eigenvalue weighted by Crippen LogP contribution is 2.26. The minimum Gasteiger partial charge on any atom is -0.370 e. The van der Waals surface area contributed by atoms with E-state index in [-0.39, 0.29) is 0 Å². The van der Waals surface area contributed by atoms with Gasteiger partial charge in [0.15, 0.2) is 0 Å². The standard InChI is InChI=1S/C16H29N5/c1-4-7-14-15(17-5-2)19-12-20-16(14)18-10-11-21(6-3)13-8-9-13/h12-13H,4-11H2,1-3H3,(H2,17,18,19,20). The molecule has 118 valence electrons. The number of hydrogen-bond acceptors (Lipinski definition) is 5. The van der Waals surface area contributed by atoms with E-state index in [1.54, 1.807) is 6.33 Å². The van der Waals surface area contributed by atoms with Gasteiger partial charge in [0.05, 0.1) is 0 Å². The highest BCUT2D eigenvalue weighted by Gasteiger charge is 2.27. The molecular formula is C16H29N5. The molecular weight excluding hydrogens is 262 g/mol. The summed E-state index contributed by atoms with van der Waals surface area (Å²) >= 11 is 0. The average molecular weight is 291 g/mol. The van der Waals surface area contributed by atoms with Crippen LogP contribution in [0, 0.1) is 0 Å². The van der Waals surface area contributed by atoms with E-state index in [1.807, 2.05) is 0 Å². The number of aromatic nitrogens is 2. The molecule has 0 saturated heterocycles. The Morgan fingerprint density at radius 2 is 1.86 bits per heavy atom. The van der Waals surface area contributed by atoms with Gasteiger partial charge in [-0.15, -0.1) is 0 Å². The molecule has 21 heavy (non-hydrogen) atoms. The minimum absolute atomic E-state index is 0.828. The zero-order valence-corrected chi connectivity index (χ0v) is 13.7. The van der Waals surface area contributed by atoms with E-state index in [1.165, 1.54) is 18.4 Å². The normalized spacial score (nSPS) is 14.5. The Kier molecular flexibility index (Phi) is 6.23. The number of nitrogens with zero attached hydrogens (tertiary/aromatic N) is 3. The first-order valence-corrected chi connectivity index (χ1v) is 8.35. The first-order valence-electron chi connectivity index (χ1n) is 8.35. The number of anilines is 2. The number of rotatable bonds is 10. The second-order valence-electron chi connectivity index (χ2n) is 5.62. The van der Waals surface area contributed by atoms with Crippen molar-refractivity contribution >= 4 is 11.6 Å². The molecule has 1 fully saturated rings. The van der Waals surface area contributed by atoms with Gasteiger partial charge in [-0.2, -0.15) is 0 Å². The molecule has 0 aromatic carbocycles. The number of likely N-dealkylation sites (N-methyl/N-ethyl adjacent to an activating group) is 1. The maximum Gasteiger partial charge on any atom is 0.134 e. The minimum atomic E-state index is 0.828. The van der Waals surface area contributed by atoms with Gasteiger partial charge in [-0.3, -0.25) is 4.90 Å². The predicted molar refractivity (Wildman–Crippen MR) is 88.9 cm³/mol. The summed E-state index contributed by atoms with van der Waals surface area (Å²) in [5, 5.41) is 6.85. The van der Waals surface area contributed by atoms with Crippen LogP contribution in [0.1, 0.15) is 45.6 Å². The molecule has 5 nitrogen and oxygen atoms in total. The molecule has 1 aromatic heterocycles. The molecule has 0 bridgehead atoms. The topological polar surface area (TPSA) is 53.1 Å². The molecule has 0 spiro atoms. The fourth-order valence-electron chi connectivity index (χ4n) is 2.73. The van der Waals surface area contributed by atoms with Crippen molar-refractivity contribution in [2.75, 3.05) is 36.8 Å². The van der Waals surface area contributed by atoms with Crippen LogP contribution < -0.4 is 10.6 Å². The van der Waals surface area contributed by atoms with Crippen LogP contribution in [0.25, 0.3) is 0 Å². The lowest BCUT2D eigenvalue weighted by Crippen LogP contribution is -2.31. The Morgan fingerprint density at radius 3 is 2.43 bits per heavy atom. The van der Waals surface area contributed by atoms with Crippen molar-refractivity contribution in [1.29, 1.82) is 0 Å². The van der Waals surface area contributed by atoms with Crippen LogP contribution in [0.15, 0.2) is 6.33 Å². The van der Waals surface area contributed by atoms with Gasteiger partial charge in [-0.1, -0.05) is 20.3 Å². The number of hydrogen-bond donors (Lipinski definition) is 2. The summed E-state index contributed by atoms with van der Waals surface area (Å²) in [5.74, 6) is 1.97. The van der Waals surface area contributed by atoms with Gasteiger partial charge in [-0.25, -0.2) is 9.97 Å². The molecule has 0 amide bonds. The summed E-state index contributed by atoms with van der Waals surface area (Å²) < 4.78 is 0. The van der Waals surface area contributed by atoms with Crippen LogP contribution >= 0.6 is 0 Å². The highest BCUT2D eigenvalue weighted by molar-refractivity contribution is 5.57. The molecule has 0 unspecified atom stereocenters. The lowest BCUT2D eigenvalue weighted by atomic mass is 10.1. The summed E-state index contributed by atoms with van der Waals surface area (Å²) in [6, 6.07) is 0.828. The fourth-order valence-corrected chi connectivity index (χ4v) is 2.73. The Labute approximate surface area is 128 Å². The molecule has 0 aliphatic heterocycles. The van der Waals surface area contributed by atoms with E-state index in [4.69, 9.17) is 0 Å². The van der Waals surface area contributed by atoms with E-state index in [2.05, 4.69) is 46.3 Å². The molecule has 1 aliphatic carbocycles. The molecule has 2 rings (SSSR count). The van der Waals surface area contributed by atoms with Crippen LogP contribution in [0.5, 0.6) is 0 Å². The van der Waals surface area contributed by atoms with Crippen molar-refractivity contribution in [2.24, 2.45) is 0 Å². The van der Waals surface area contributed by atoms with E-state index < -0.39 is 0 Å². The monoisotopic (exact) mass is 291 g/mol. The third-order valence-electron chi connectivity index (χ3n) is 3.95. The third-order valence-corrected chi connectivity index (χ3v) is 3.95. The van der Waals surface area contributed by atoms with E-state index in [0.717, 1.165) is 56.7 Å². The third kappa shape index (κ3) is 4.56. The summed E-state index contributed by atoms with van der Waals surface area (Å²) in [5.41, 5.74) is 1.22. The van der Waals surface area contributed by atoms with E-state index in [0.29, 0.717) is 0 Å². The number of nitrogens with one attached hydrogen (secondary N) is 2. The highest BCUT2D eigenvalue weighted by atomic mass is 15.2. The molecule has 0 radical (unpaired) electrons. The van der Waals surface area contributed by atoms with Crippen LogP contribution in [-0.4, -0.2) is 47.1 Å². The van der Waals surface area contributed by atoms with Crippen LogP contribution in [0.4, 0.5) is 11.6 Å². The maximum absolute atomic E-state index is 4.44. The van der Waals surface area contributed by atoms with Crippen molar-refractivity contribution in [2.45, 2.75) is 52.5 Å². The van der Waals surface area contributed by atoms with Gasteiger partial charge in [0.25, 0.3) is 0 Å². The first-order chi connectivity index (χ1) is 10.3. The van der Waals surface area contributed by atoms with Gasteiger partial charge in [0.1, 0.15) is 18.0 Å². The van der Waals surface area contributed by atoms with Crippen molar-refractivity contribution in [3.05, 3.63) is 11.9 Å². The van der Waals surface area contributed by atoms with Crippen molar-refractivity contribution in [3.8, 4) is 0 Å². The van der Waals surface area contributed by atoms with Crippen LogP contribution in [-0.2, 0) is 6.42 Å². The summed E-state index contributed by atoms with van der Waals surface area (Å²) in [7, 11) is 0. The molecule has 1 aliphatic rings. The van der Waals surface area contributed by atoms with Gasteiger partial charge >= 0.3 is 0 Å². The second kappa shape index (κ2) is 8.17. The van der Waals surface area contributed by atoms with Crippen molar-refractivity contribution in [1.82, 2.24) is 14.9 Å². The lowest BCUT2D eigenvalue weighted by molar-refractivity contribution is 0.289. The summed E-state index contributed by atoms with van der Waals surface area (Å²) in [4.78, 5) is 11.4. The second-order valence-corrected chi connectivity index (χ2v) is 5.62. The van der Waals surface area contributed by atoms with Crippen LogP contribution in [0.3, 0.4) is 0 Å². The van der Waals surface area contributed by atoms with Crippen LogP contribution in [0.2, 0.25) is 0 Å². The van der Waals surface area contributed by atoms with Gasteiger partial charge in [0.2, 0.25) is 0 Å². The van der Waals surface area contributed by atoms with Crippen molar-refractivity contribution in [3.63, 3.8) is 0 Å². The Hall–Kier alpha value is -1.36. The van der Waals surface area contributed by atoms with Gasteiger partial charge in [0, 0.05) is 31.2 Å². The zero-order chi connectivity index (χ0) is 15.1. The molecule has 1 saturated carbocycles. The zero-order valence-electron chi connectivity index (χ0n) is 13.7. The maximum atomic E-state index is 4.44. The lowest BCUT2D eigenvalue weighted by Gasteiger charge is -2.21. The Balaban J connectivity index is 1.95.